The van der Waals surface area contributed by atoms with Crippen LogP contribution in [-0.4, -0.2) is 6.54 Å². The molecule has 0 aromatic heterocycles. The van der Waals surface area contributed by atoms with Crippen LogP contribution < -0.4 is 5.73 Å². The van der Waals surface area contributed by atoms with Gasteiger partial charge in [0, 0.05) is 0 Å². The van der Waals surface area contributed by atoms with Crippen molar-refractivity contribution in [1.82, 2.24) is 0 Å². The zero-order valence-electron chi connectivity index (χ0n) is 16.9. The van der Waals surface area contributed by atoms with Crippen LogP contribution in [0.25, 0.3) is 0 Å². The molecule has 0 bridgehead atoms. The molecule has 0 aromatic rings. The second-order valence-electron chi connectivity index (χ2n) is 9.32. The second kappa shape index (κ2) is 7.20. The Labute approximate surface area is 150 Å². The van der Waals surface area contributed by atoms with E-state index >= 15 is 0 Å². The molecular weight excluding hydrogens is 290 g/mol. The van der Waals surface area contributed by atoms with Gasteiger partial charge in [-0.1, -0.05) is 72.3 Å². The van der Waals surface area contributed by atoms with Crippen LogP contribution in [0.3, 0.4) is 0 Å². The molecule has 3 atom stereocenters. The predicted octanol–water partition coefficient (Wildman–Crippen LogP) is 6.27. The van der Waals surface area contributed by atoms with E-state index in [0.717, 1.165) is 12.5 Å². The number of nitrogens with two attached hydrogens (primary N) is 1. The lowest BCUT2D eigenvalue weighted by Crippen LogP contribution is -2.50. The monoisotopic (exact) mass is 329 g/mol. The molecule has 1 saturated carbocycles. The molecule has 0 spiro atoms. The molecule has 0 amide bonds. The van der Waals surface area contributed by atoms with Gasteiger partial charge in [0.2, 0.25) is 0 Å². The fraction of sp³-hybridized carbons (Fsp3) is 0.739. The van der Waals surface area contributed by atoms with Gasteiger partial charge in [-0.25, -0.2) is 0 Å². The first-order chi connectivity index (χ1) is 11.2. The maximum Gasteiger partial charge on any atom is -0.00202 e. The molecule has 0 heterocycles. The third kappa shape index (κ3) is 3.29. The van der Waals surface area contributed by atoms with E-state index in [1.54, 1.807) is 11.1 Å². The van der Waals surface area contributed by atoms with Gasteiger partial charge in [0.25, 0.3) is 0 Å². The van der Waals surface area contributed by atoms with Crippen LogP contribution >= 0.6 is 0 Å². The normalized spacial score (nSPS) is 34.7. The van der Waals surface area contributed by atoms with Crippen molar-refractivity contribution in [3.63, 3.8) is 0 Å². The zero-order valence-corrected chi connectivity index (χ0v) is 16.9. The Hall–Kier alpha value is -0.820. The van der Waals surface area contributed by atoms with Crippen LogP contribution in [0.1, 0.15) is 73.6 Å². The van der Waals surface area contributed by atoms with Crippen molar-refractivity contribution in [3.05, 3.63) is 35.5 Å². The van der Waals surface area contributed by atoms with Crippen molar-refractivity contribution >= 4 is 0 Å². The summed E-state index contributed by atoms with van der Waals surface area (Å²) in [5, 5.41) is 0. The van der Waals surface area contributed by atoms with E-state index in [9.17, 15) is 0 Å². The van der Waals surface area contributed by atoms with Crippen LogP contribution in [0, 0.1) is 28.6 Å². The molecular formula is C23H39N. The molecule has 2 rings (SSSR count). The maximum absolute atomic E-state index is 6.26. The van der Waals surface area contributed by atoms with E-state index in [1.807, 2.05) is 0 Å². The third-order valence-electron chi connectivity index (χ3n) is 7.00. The summed E-state index contributed by atoms with van der Waals surface area (Å²) in [6.07, 6.45) is 10.9. The standard InChI is InChI=1S/C23H39N/c1-8-18(16(2)3)14-19-10-11-20-22(6,15-24)12-9-13-23(20,7)21(19)17(4)5/h8,14,16-17,20H,1,9-13,15,24H2,2-7H3/b18-14+. The summed E-state index contributed by atoms with van der Waals surface area (Å²) >= 11 is 0. The van der Waals surface area contributed by atoms with E-state index in [0.29, 0.717) is 22.7 Å². The van der Waals surface area contributed by atoms with Crippen LogP contribution in [-0.2, 0) is 0 Å². The van der Waals surface area contributed by atoms with Crippen molar-refractivity contribution in [2.24, 2.45) is 34.3 Å². The van der Waals surface area contributed by atoms with Gasteiger partial charge in [-0.05, 0) is 72.0 Å². The minimum atomic E-state index is 0.307. The van der Waals surface area contributed by atoms with Crippen molar-refractivity contribution in [2.45, 2.75) is 73.6 Å². The van der Waals surface area contributed by atoms with E-state index in [-0.39, 0.29) is 0 Å². The molecule has 1 heteroatoms. The molecule has 0 radical (unpaired) electrons. The highest BCUT2D eigenvalue weighted by atomic mass is 14.7. The van der Waals surface area contributed by atoms with Gasteiger partial charge in [-0.3, -0.25) is 0 Å². The molecule has 2 aliphatic carbocycles. The van der Waals surface area contributed by atoms with Gasteiger partial charge in [0.1, 0.15) is 0 Å². The molecule has 2 aliphatic rings. The summed E-state index contributed by atoms with van der Waals surface area (Å²) < 4.78 is 0. The average molecular weight is 330 g/mol. The Bertz CT molecular complexity index is 536. The van der Waals surface area contributed by atoms with Gasteiger partial charge < -0.3 is 5.73 Å². The van der Waals surface area contributed by atoms with Gasteiger partial charge in [-0.2, -0.15) is 0 Å². The molecule has 1 fully saturated rings. The van der Waals surface area contributed by atoms with Crippen LogP contribution in [0.2, 0.25) is 0 Å². The molecule has 1 nitrogen and oxygen atoms in total. The summed E-state index contributed by atoms with van der Waals surface area (Å²) in [7, 11) is 0. The minimum absolute atomic E-state index is 0.307. The number of allylic oxidation sites excluding steroid dienone is 5. The number of rotatable bonds is 5. The Morgan fingerprint density at radius 2 is 1.92 bits per heavy atom. The Kier molecular flexibility index (Phi) is 5.85. The van der Waals surface area contributed by atoms with Crippen molar-refractivity contribution in [2.75, 3.05) is 6.54 Å². The van der Waals surface area contributed by atoms with Crippen LogP contribution in [0.15, 0.2) is 35.5 Å². The first-order valence-corrected chi connectivity index (χ1v) is 9.97. The van der Waals surface area contributed by atoms with Crippen molar-refractivity contribution < 1.29 is 0 Å². The summed E-state index contributed by atoms with van der Waals surface area (Å²) in [5.41, 5.74) is 11.6. The highest BCUT2D eigenvalue weighted by molar-refractivity contribution is 5.40. The van der Waals surface area contributed by atoms with Gasteiger partial charge in [-0.15, -0.1) is 0 Å². The molecule has 2 N–H and O–H groups in total. The van der Waals surface area contributed by atoms with Crippen LogP contribution in [0.4, 0.5) is 0 Å². The quantitative estimate of drug-likeness (QED) is 0.591. The zero-order chi connectivity index (χ0) is 18.1. The summed E-state index contributed by atoms with van der Waals surface area (Å²) in [6, 6.07) is 0. The molecule has 0 aromatic carbocycles. The largest absolute Gasteiger partial charge is 0.330 e. The fourth-order valence-electron chi connectivity index (χ4n) is 5.85. The Morgan fingerprint density at radius 3 is 2.42 bits per heavy atom. The fourth-order valence-corrected chi connectivity index (χ4v) is 5.85. The van der Waals surface area contributed by atoms with Gasteiger partial charge >= 0.3 is 0 Å². The number of fused-ring (bicyclic) bond motifs is 1. The summed E-state index contributed by atoms with van der Waals surface area (Å²) in [5.74, 6) is 1.86. The molecule has 0 saturated heterocycles. The van der Waals surface area contributed by atoms with Crippen molar-refractivity contribution in [3.8, 4) is 0 Å². The molecule has 136 valence electrons. The lowest BCUT2D eigenvalue weighted by atomic mass is 9.48. The van der Waals surface area contributed by atoms with E-state index in [2.05, 4.69) is 60.3 Å². The highest BCUT2D eigenvalue weighted by Crippen LogP contribution is 2.60. The first-order valence-electron chi connectivity index (χ1n) is 9.97. The summed E-state index contributed by atoms with van der Waals surface area (Å²) in [4.78, 5) is 0. The van der Waals surface area contributed by atoms with Gasteiger partial charge in [0.15, 0.2) is 0 Å². The second-order valence-corrected chi connectivity index (χ2v) is 9.32. The Morgan fingerprint density at radius 1 is 1.25 bits per heavy atom. The third-order valence-corrected chi connectivity index (χ3v) is 7.00. The van der Waals surface area contributed by atoms with E-state index in [1.165, 1.54) is 37.7 Å². The minimum Gasteiger partial charge on any atom is -0.330 e. The van der Waals surface area contributed by atoms with Crippen molar-refractivity contribution in [1.29, 1.82) is 0 Å². The highest BCUT2D eigenvalue weighted by Gasteiger charge is 2.52. The van der Waals surface area contributed by atoms with E-state index < -0.39 is 0 Å². The average Bonchev–Trinajstić information content (AvgIpc) is 2.50. The number of hydrogen-bond acceptors (Lipinski definition) is 1. The van der Waals surface area contributed by atoms with Gasteiger partial charge in [0.05, 0.1) is 0 Å². The molecule has 24 heavy (non-hydrogen) atoms. The first kappa shape index (κ1) is 19.5. The molecule has 3 unspecified atom stereocenters. The van der Waals surface area contributed by atoms with Crippen LogP contribution in [0.5, 0.6) is 0 Å². The number of hydrogen-bond donors (Lipinski definition) is 1. The lowest BCUT2D eigenvalue weighted by Gasteiger charge is -2.57. The summed E-state index contributed by atoms with van der Waals surface area (Å²) in [6.45, 7) is 19.2. The predicted molar refractivity (Wildman–Crippen MR) is 107 cm³/mol. The lowest BCUT2D eigenvalue weighted by molar-refractivity contribution is 0.000900. The SMILES string of the molecule is C=C/C(=C\C1=C(C(C)C)C2(C)CCCC(C)(CN)C2CC1)C(C)C. The Balaban J connectivity index is 2.57. The maximum atomic E-state index is 6.26. The smallest absolute Gasteiger partial charge is 0.00202 e. The topological polar surface area (TPSA) is 26.0 Å². The van der Waals surface area contributed by atoms with E-state index in [4.69, 9.17) is 5.73 Å². The molecule has 0 aliphatic heterocycles.